The van der Waals surface area contributed by atoms with E-state index in [1.807, 2.05) is 0 Å². The van der Waals surface area contributed by atoms with Crippen LogP contribution < -0.4 is 16.4 Å². The van der Waals surface area contributed by atoms with E-state index < -0.39 is 38.1 Å². The van der Waals surface area contributed by atoms with Gasteiger partial charge in [-0.2, -0.15) is 0 Å². The van der Waals surface area contributed by atoms with Crippen LogP contribution in [0.2, 0.25) is 0 Å². The molecule has 0 unspecified atom stereocenters. The minimum Gasteiger partial charge on any atom is -0.744 e. The molecular formula is C27H18N3O7S-. The van der Waals surface area contributed by atoms with Crippen LogP contribution in [0.3, 0.4) is 0 Å². The maximum absolute atomic E-state index is 13.4. The molecule has 0 heterocycles. The van der Waals surface area contributed by atoms with Gasteiger partial charge in [0.2, 0.25) is 0 Å². The van der Waals surface area contributed by atoms with Crippen molar-refractivity contribution >= 4 is 56.1 Å². The molecule has 1 aliphatic rings. The zero-order chi connectivity index (χ0) is 27.2. The molecule has 5 N–H and O–H groups in total. The number of nitrogens with two attached hydrogens (primary N) is 1. The Kier molecular flexibility index (Phi) is 5.94. The molecule has 0 fully saturated rings. The summed E-state index contributed by atoms with van der Waals surface area (Å²) in [5, 5.41) is 15.4. The first-order valence-corrected chi connectivity index (χ1v) is 12.5. The van der Waals surface area contributed by atoms with Crippen molar-refractivity contribution in [3.8, 4) is 0 Å². The fourth-order valence-corrected chi connectivity index (χ4v) is 5.00. The number of hydrogen-bond acceptors (Lipinski definition) is 9. The van der Waals surface area contributed by atoms with E-state index >= 15 is 0 Å². The number of para-hydroxylation sites is 1. The van der Waals surface area contributed by atoms with Gasteiger partial charge in [0.15, 0.2) is 11.6 Å². The minimum absolute atomic E-state index is 0.0162. The lowest BCUT2D eigenvalue weighted by molar-refractivity contribution is 0.0697. The molecule has 0 radical (unpaired) electrons. The Hall–Kier alpha value is -5.00. The van der Waals surface area contributed by atoms with Crippen molar-refractivity contribution in [3.05, 3.63) is 107 Å². The van der Waals surface area contributed by atoms with E-state index in [-0.39, 0.29) is 45.0 Å². The molecule has 0 saturated carbocycles. The number of aromatic carboxylic acids is 1. The number of nitrogens with one attached hydrogen (secondary N) is 2. The van der Waals surface area contributed by atoms with E-state index in [1.54, 1.807) is 42.5 Å². The normalized spacial score (nSPS) is 12.4. The molecule has 190 valence electrons. The Balaban J connectivity index is 1.65. The summed E-state index contributed by atoms with van der Waals surface area (Å²) in [6, 6.07) is 19.6. The largest absolute Gasteiger partial charge is 0.744 e. The average molecular weight is 529 g/mol. The summed E-state index contributed by atoms with van der Waals surface area (Å²) in [6.45, 7) is 0. The Morgan fingerprint density at radius 3 is 1.95 bits per heavy atom. The second-order valence-electron chi connectivity index (χ2n) is 8.43. The maximum atomic E-state index is 13.4. The van der Waals surface area contributed by atoms with Gasteiger partial charge in [-0.25, -0.2) is 13.2 Å². The van der Waals surface area contributed by atoms with Crippen LogP contribution in [0, 0.1) is 0 Å². The summed E-state index contributed by atoms with van der Waals surface area (Å²) in [4.78, 5) is 38.0. The van der Waals surface area contributed by atoms with Crippen LogP contribution in [0.25, 0.3) is 0 Å². The van der Waals surface area contributed by atoms with Crippen molar-refractivity contribution in [2.45, 2.75) is 4.90 Å². The van der Waals surface area contributed by atoms with E-state index in [0.717, 1.165) is 12.1 Å². The Bertz CT molecular complexity index is 1770. The number of carbonyl (C=O) groups excluding carboxylic acids is 2. The first-order chi connectivity index (χ1) is 18.1. The Morgan fingerprint density at radius 1 is 0.763 bits per heavy atom. The zero-order valence-corrected chi connectivity index (χ0v) is 20.2. The molecule has 10 nitrogen and oxygen atoms in total. The van der Waals surface area contributed by atoms with E-state index in [9.17, 15) is 32.5 Å². The molecule has 0 atom stereocenters. The number of carboxylic acids is 1. The highest BCUT2D eigenvalue weighted by atomic mass is 32.2. The number of rotatable bonds is 6. The molecule has 38 heavy (non-hydrogen) atoms. The minimum atomic E-state index is -4.96. The van der Waals surface area contributed by atoms with Crippen molar-refractivity contribution in [2.24, 2.45) is 0 Å². The predicted molar refractivity (Wildman–Crippen MR) is 139 cm³/mol. The Labute approximate surface area is 216 Å². The fourth-order valence-electron chi connectivity index (χ4n) is 4.34. The summed E-state index contributed by atoms with van der Waals surface area (Å²) < 4.78 is 36.3. The SMILES string of the molecule is Nc1c(C(=O)O)cc(Nc2ccc(Nc3ccccc3)c(S(=O)(=O)[O-])c2)c2c1C(=O)c1ccccc1C2=O. The highest BCUT2D eigenvalue weighted by Gasteiger charge is 2.35. The second-order valence-corrected chi connectivity index (χ2v) is 9.77. The molecule has 0 amide bonds. The standard InChI is InChI=1S/C27H19N3O7S/c28-24-18(27(33)34)13-20(22-23(24)26(32)17-9-5-4-8-16(17)25(22)31)30-15-10-11-19(21(12-15)38(35,36)37)29-14-6-2-1-3-7-14/h1-13,29-30H,28H2,(H,33,34)(H,35,36,37)/p-1. The highest BCUT2D eigenvalue weighted by molar-refractivity contribution is 7.86. The third kappa shape index (κ3) is 4.25. The van der Waals surface area contributed by atoms with Crippen molar-refractivity contribution in [2.75, 3.05) is 16.4 Å². The third-order valence-electron chi connectivity index (χ3n) is 6.05. The lowest BCUT2D eigenvalue weighted by Gasteiger charge is -2.24. The molecule has 5 rings (SSSR count). The second kappa shape index (κ2) is 9.14. The molecule has 0 saturated heterocycles. The van der Waals surface area contributed by atoms with Crippen molar-refractivity contribution in [1.82, 2.24) is 0 Å². The summed E-state index contributed by atoms with van der Waals surface area (Å²) in [5.74, 6) is -2.62. The number of nitrogen functional groups attached to an aromatic ring is 1. The van der Waals surface area contributed by atoms with Crippen molar-refractivity contribution in [1.29, 1.82) is 0 Å². The highest BCUT2D eigenvalue weighted by Crippen LogP contribution is 2.39. The molecule has 0 aromatic heterocycles. The van der Waals surface area contributed by atoms with Crippen molar-refractivity contribution in [3.63, 3.8) is 0 Å². The Morgan fingerprint density at radius 2 is 1.34 bits per heavy atom. The lowest BCUT2D eigenvalue weighted by atomic mass is 9.81. The van der Waals surface area contributed by atoms with Crippen LogP contribution in [0.15, 0.2) is 83.8 Å². The van der Waals surface area contributed by atoms with Gasteiger partial charge in [0.1, 0.15) is 10.1 Å². The van der Waals surface area contributed by atoms with Crippen LogP contribution in [0.4, 0.5) is 28.4 Å². The van der Waals surface area contributed by atoms with E-state index in [0.29, 0.717) is 5.69 Å². The molecule has 1 aliphatic carbocycles. The zero-order valence-electron chi connectivity index (χ0n) is 19.4. The van der Waals surface area contributed by atoms with Gasteiger partial charge >= 0.3 is 5.97 Å². The lowest BCUT2D eigenvalue weighted by Crippen LogP contribution is -2.25. The number of carboxylic acid groups (broad SMARTS) is 1. The van der Waals surface area contributed by atoms with Gasteiger partial charge in [0, 0.05) is 22.5 Å². The van der Waals surface area contributed by atoms with Gasteiger partial charge in [0.25, 0.3) is 0 Å². The number of hydrogen-bond donors (Lipinski definition) is 4. The first-order valence-electron chi connectivity index (χ1n) is 11.1. The van der Waals surface area contributed by atoms with E-state index in [2.05, 4.69) is 10.6 Å². The van der Waals surface area contributed by atoms with Gasteiger partial charge < -0.3 is 26.0 Å². The van der Waals surface area contributed by atoms with E-state index in [4.69, 9.17) is 5.73 Å². The van der Waals surface area contributed by atoms with Gasteiger partial charge in [-0.3, -0.25) is 9.59 Å². The fraction of sp³-hybridized carbons (Fsp3) is 0. The van der Waals surface area contributed by atoms with Crippen LogP contribution in [0.5, 0.6) is 0 Å². The quantitative estimate of drug-likeness (QED) is 0.185. The van der Waals surface area contributed by atoms with Gasteiger partial charge in [0.05, 0.1) is 38.6 Å². The monoisotopic (exact) mass is 528 g/mol. The number of benzene rings is 4. The third-order valence-corrected chi connectivity index (χ3v) is 6.93. The molecular weight excluding hydrogens is 510 g/mol. The van der Waals surface area contributed by atoms with Crippen LogP contribution >= 0.6 is 0 Å². The number of ketones is 2. The smallest absolute Gasteiger partial charge is 0.337 e. The van der Waals surface area contributed by atoms with Crippen LogP contribution in [0.1, 0.15) is 42.2 Å². The first kappa shape index (κ1) is 24.7. The summed E-state index contributed by atoms with van der Waals surface area (Å²) in [6.07, 6.45) is 0. The number of carbonyl (C=O) groups is 3. The molecule has 4 aromatic rings. The predicted octanol–water partition coefficient (Wildman–Crippen LogP) is 4.13. The summed E-state index contributed by atoms with van der Waals surface area (Å²) in [5.41, 5.74) is 5.55. The van der Waals surface area contributed by atoms with Gasteiger partial charge in [-0.05, 0) is 36.4 Å². The van der Waals surface area contributed by atoms with E-state index in [1.165, 1.54) is 24.3 Å². The van der Waals surface area contributed by atoms with Gasteiger partial charge in [-0.15, -0.1) is 0 Å². The number of anilines is 5. The summed E-state index contributed by atoms with van der Waals surface area (Å²) in [7, 11) is -4.96. The summed E-state index contributed by atoms with van der Waals surface area (Å²) >= 11 is 0. The average Bonchev–Trinajstić information content (AvgIpc) is 2.88. The van der Waals surface area contributed by atoms with Gasteiger partial charge in [-0.1, -0.05) is 42.5 Å². The number of fused-ring (bicyclic) bond motifs is 2. The molecule has 4 aromatic carbocycles. The van der Waals surface area contributed by atoms with Crippen LogP contribution in [-0.2, 0) is 10.1 Å². The molecule has 0 aliphatic heterocycles. The molecule has 0 bridgehead atoms. The topological polar surface area (TPSA) is 179 Å². The molecule has 0 spiro atoms. The van der Waals surface area contributed by atoms with Crippen LogP contribution in [-0.4, -0.2) is 35.6 Å². The molecule has 11 heteroatoms. The maximum Gasteiger partial charge on any atom is 0.337 e. The van der Waals surface area contributed by atoms with Crippen molar-refractivity contribution < 1.29 is 32.5 Å².